The molecule has 2 rings (SSSR count). The number of carbonyl (C=O) groups excluding carboxylic acids is 2. The van der Waals surface area contributed by atoms with Crippen molar-refractivity contribution in [3.05, 3.63) is 16.0 Å². The highest BCUT2D eigenvalue weighted by atomic mass is 16.6. The molecule has 1 amide bonds. The van der Waals surface area contributed by atoms with E-state index in [0.717, 1.165) is 12.8 Å². The van der Waals surface area contributed by atoms with Crippen LogP contribution in [0.25, 0.3) is 0 Å². The molecule has 1 fully saturated rings. The van der Waals surface area contributed by atoms with Crippen molar-refractivity contribution in [2.75, 3.05) is 11.9 Å². The Morgan fingerprint density at radius 3 is 2.84 bits per heavy atom. The van der Waals surface area contributed by atoms with Gasteiger partial charge >= 0.3 is 5.97 Å². The second kappa shape index (κ2) is 8.38. The van der Waals surface area contributed by atoms with E-state index in [4.69, 9.17) is 9.47 Å². The minimum atomic E-state index is -0.464. The van der Waals surface area contributed by atoms with Crippen molar-refractivity contribution in [3.8, 4) is 0 Å². The molecule has 0 saturated carbocycles. The molecule has 1 aromatic heterocycles. The summed E-state index contributed by atoms with van der Waals surface area (Å²) in [6, 6.07) is 0. The van der Waals surface area contributed by atoms with Crippen molar-refractivity contribution in [1.29, 1.82) is 0 Å². The van der Waals surface area contributed by atoms with E-state index < -0.39 is 5.56 Å². The predicted octanol–water partition coefficient (Wildman–Crippen LogP) is 0.354. The lowest BCUT2D eigenvalue weighted by Gasteiger charge is -2.13. The van der Waals surface area contributed by atoms with Crippen LogP contribution in [0.4, 0.5) is 11.6 Å². The second-order valence-electron chi connectivity index (χ2n) is 5.58. The van der Waals surface area contributed by atoms with Crippen LogP contribution in [0.15, 0.2) is 9.79 Å². The maximum absolute atomic E-state index is 12.0. The summed E-state index contributed by atoms with van der Waals surface area (Å²) in [5.74, 6) is -0.594. The molecule has 10 heteroatoms. The molecular formula is C15H21N5O5. The average Bonchev–Trinajstić information content (AvgIpc) is 2.95. The fourth-order valence-corrected chi connectivity index (χ4v) is 2.30. The van der Waals surface area contributed by atoms with Crippen LogP contribution in [0, 0.1) is 6.92 Å². The van der Waals surface area contributed by atoms with Gasteiger partial charge in [0.25, 0.3) is 5.56 Å². The number of aromatic amines is 1. The first-order valence-corrected chi connectivity index (χ1v) is 7.81. The maximum Gasteiger partial charge on any atom is 0.302 e. The van der Waals surface area contributed by atoms with E-state index in [9.17, 15) is 14.4 Å². The Balaban J connectivity index is 1.91. The van der Waals surface area contributed by atoms with Crippen LogP contribution >= 0.6 is 0 Å². The standard InChI is InChI=1S/C15H21N5O5/c1-8-13(14(23)20-15(18-8)19-9(2)21)17-7-16-12-5-4-11(25-12)6-24-10(3)22/h7,11-12H,4-6H2,1-3H3,(H,16,17)(H2,18,19,20,21,23)/t11-,12+/m0/s1. The van der Waals surface area contributed by atoms with Gasteiger partial charge in [0, 0.05) is 13.8 Å². The lowest BCUT2D eigenvalue weighted by Crippen LogP contribution is -2.29. The molecule has 2 atom stereocenters. The van der Waals surface area contributed by atoms with E-state index >= 15 is 0 Å². The first-order valence-electron chi connectivity index (χ1n) is 7.81. The monoisotopic (exact) mass is 351 g/mol. The highest BCUT2D eigenvalue weighted by Gasteiger charge is 2.25. The van der Waals surface area contributed by atoms with Gasteiger partial charge in [-0.3, -0.25) is 24.7 Å². The smallest absolute Gasteiger partial charge is 0.302 e. The number of aromatic nitrogens is 2. The predicted molar refractivity (Wildman–Crippen MR) is 89.7 cm³/mol. The molecule has 10 nitrogen and oxygen atoms in total. The maximum atomic E-state index is 12.0. The number of nitrogens with zero attached hydrogens (tertiary/aromatic N) is 2. The van der Waals surface area contributed by atoms with Crippen LogP contribution in [-0.4, -0.2) is 47.1 Å². The minimum Gasteiger partial charge on any atom is -0.463 e. The Kier molecular flexibility index (Phi) is 6.23. The molecule has 0 aromatic carbocycles. The number of nitrogens with one attached hydrogen (secondary N) is 3. The lowest BCUT2D eigenvalue weighted by atomic mass is 10.2. The zero-order chi connectivity index (χ0) is 18.4. The van der Waals surface area contributed by atoms with Gasteiger partial charge in [-0.05, 0) is 19.8 Å². The zero-order valence-corrected chi connectivity index (χ0v) is 14.3. The zero-order valence-electron chi connectivity index (χ0n) is 14.3. The van der Waals surface area contributed by atoms with Crippen LogP contribution < -0.4 is 16.2 Å². The fourth-order valence-electron chi connectivity index (χ4n) is 2.30. The third-order valence-electron chi connectivity index (χ3n) is 3.40. The van der Waals surface area contributed by atoms with Gasteiger partial charge in [0.15, 0.2) is 5.69 Å². The van der Waals surface area contributed by atoms with Crippen molar-refractivity contribution in [1.82, 2.24) is 15.3 Å². The summed E-state index contributed by atoms with van der Waals surface area (Å²) in [5, 5.41) is 5.35. The van der Waals surface area contributed by atoms with Gasteiger partial charge in [-0.25, -0.2) is 9.98 Å². The van der Waals surface area contributed by atoms with Crippen LogP contribution in [0.5, 0.6) is 0 Å². The Hall–Kier alpha value is -2.75. The molecule has 0 spiro atoms. The number of rotatable bonds is 6. The molecule has 1 saturated heterocycles. The number of hydrogen-bond donors (Lipinski definition) is 3. The van der Waals surface area contributed by atoms with Crippen molar-refractivity contribution in [2.24, 2.45) is 4.99 Å². The molecule has 1 aliphatic rings. The Morgan fingerprint density at radius 1 is 1.44 bits per heavy atom. The number of hydrogen-bond acceptors (Lipinski definition) is 7. The van der Waals surface area contributed by atoms with Gasteiger partial charge in [0.1, 0.15) is 12.8 Å². The number of H-pyrrole nitrogens is 1. The number of anilines is 1. The van der Waals surface area contributed by atoms with Gasteiger partial charge in [-0.15, -0.1) is 0 Å². The lowest BCUT2D eigenvalue weighted by molar-refractivity contribution is -0.145. The molecule has 3 N–H and O–H groups in total. The number of carbonyl (C=O) groups is 2. The minimum absolute atomic E-state index is 0.0781. The van der Waals surface area contributed by atoms with Crippen LogP contribution in [0.1, 0.15) is 32.4 Å². The van der Waals surface area contributed by atoms with E-state index in [0.29, 0.717) is 5.69 Å². The van der Waals surface area contributed by atoms with Crippen molar-refractivity contribution >= 4 is 29.9 Å². The van der Waals surface area contributed by atoms with Gasteiger partial charge in [0.2, 0.25) is 11.9 Å². The number of aryl methyl sites for hydroxylation is 1. The summed E-state index contributed by atoms with van der Waals surface area (Å²) < 4.78 is 10.6. The highest BCUT2D eigenvalue weighted by molar-refractivity contribution is 5.86. The van der Waals surface area contributed by atoms with Crippen molar-refractivity contribution in [3.63, 3.8) is 0 Å². The molecule has 1 aliphatic heterocycles. The molecule has 1 aromatic rings. The second-order valence-corrected chi connectivity index (χ2v) is 5.58. The summed E-state index contributed by atoms with van der Waals surface area (Å²) in [6.07, 6.45) is 2.43. The van der Waals surface area contributed by atoms with Crippen LogP contribution in [0.2, 0.25) is 0 Å². The van der Waals surface area contributed by atoms with Crippen molar-refractivity contribution < 1.29 is 19.1 Å². The first kappa shape index (κ1) is 18.6. The summed E-state index contributed by atoms with van der Waals surface area (Å²) >= 11 is 0. The summed E-state index contributed by atoms with van der Waals surface area (Å²) in [6.45, 7) is 4.51. The molecule has 0 radical (unpaired) electrons. The number of ether oxygens (including phenoxy) is 2. The van der Waals surface area contributed by atoms with Gasteiger partial charge in [-0.1, -0.05) is 0 Å². The molecule has 136 valence electrons. The van der Waals surface area contributed by atoms with Crippen LogP contribution in [-0.2, 0) is 19.1 Å². The Labute approximate surface area is 144 Å². The molecule has 2 heterocycles. The Morgan fingerprint density at radius 2 is 2.20 bits per heavy atom. The summed E-state index contributed by atoms with van der Waals surface area (Å²) in [5.41, 5.74) is 0.0519. The fraction of sp³-hybridized carbons (Fsp3) is 0.533. The van der Waals surface area contributed by atoms with Gasteiger partial charge < -0.3 is 14.8 Å². The van der Waals surface area contributed by atoms with E-state index in [1.54, 1.807) is 6.92 Å². The van der Waals surface area contributed by atoms with E-state index in [1.165, 1.54) is 20.2 Å². The largest absolute Gasteiger partial charge is 0.463 e. The number of aliphatic imine (C=N–C) groups is 1. The third-order valence-corrected chi connectivity index (χ3v) is 3.40. The Bertz CT molecular complexity index is 730. The quantitative estimate of drug-likeness (QED) is 0.382. The number of amides is 1. The summed E-state index contributed by atoms with van der Waals surface area (Å²) in [4.78, 5) is 44.4. The number of esters is 1. The highest BCUT2D eigenvalue weighted by Crippen LogP contribution is 2.18. The normalized spacial score (nSPS) is 19.8. The molecule has 0 aliphatic carbocycles. The molecule has 25 heavy (non-hydrogen) atoms. The topological polar surface area (TPSA) is 135 Å². The van der Waals surface area contributed by atoms with Gasteiger partial charge in [-0.2, -0.15) is 0 Å². The van der Waals surface area contributed by atoms with E-state index in [2.05, 4.69) is 25.6 Å². The first-order chi connectivity index (χ1) is 11.8. The molecule has 0 bridgehead atoms. The average molecular weight is 351 g/mol. The van der Waals surface area contributed by atoms with Crippen LogP contribution in [0.3, 0.4) is 0 Å². The molecule has 0 unspecified atom stereocenters. The van der Waals surface area contributed by atoms with E-state index in [-0.39, 0.29) is 42.5 Å². The van der Waals surface area contributed by atoms with E-state index in [1.807, 2.05) is 0 Å². The van der Waals surface area contributed by atoms with Crippen molar-refractivity contribution in [2.45, 2.75) is 45.9 Å². The third kappa shape index (κ3) is 5.68. The molecular weight excluding hydrogens is 330 g/mol. The van der Waals surface area contributed by atoms with Gasteiger partial charge in [0.05, 0.1) is 18.1 Å². The summed E-state index contributed by atoms with van der Waals surface area (Å²) in [7, 11) is 0. The SMILES string of the molecule is CC(=O)Nc1nc(C)c(/N=C\N[C@H]2CC[C@@H](COC(C)=O)O2)c(=O)[nH]1.